The summed E-state index contributed by atoms with van der Waals surface area (Å²) in [6.07, 6.45) is 2.12. The number of aliphatic imine (C=N–C) groups is 1. The second-order valence-corrected chi connectivity index (χ2v) is 6.58. The Morgan fingerprint density at radius 3 is 3.04 bits per heavy atom. The molecule has 24 heavy (non-hydrogen) atoms. The van der Waals surface area contributed by atoms with E-state index in [0.717, 1.165) is 38.7 Å². The molecule has 1 aliphatic rings. The van der Waals surface area contributed by atoms with Crippen LogP contribution in [0.4, 0.5) is 0 Å². The van der Waals surface area contributed by atoms with Gasteiger partial charge in [0, 0.05) is 31.1 Å². The summed E-state index contributed by atoms with van der Waals surface area (Å²) < 4.78 is 5.68. The van der Waals surface area contributed by atoms with Gasteiger partial charge < -0.3 is 15.4 Å². The molecule has 2 rings (SSSR count). The highest BCUT2D eigenvalue weighted by molar-refractivity contribution is 14.0. The van der Waals surface area contributed by atoms with Crippen LogP contribution in [0.25, 0.3) is 0 Å². The highest BCUT2D eigenvalue weighted by Gasteiger charge is 2.26. The molecule has 136 valence electrons. The van der Waals surface area contributed by atoms with Crippen molar-refractivity contribution in [3.63, 3.8) is 0 Å². The number of rotatable bonds is 7. The van der Waals surface area contributed by atoms with E-state index in [1.165, 1.54) is 4.88 Å². The minimum Gasteiger partial charge on any atom is -0.376 e. The Morgan fingerprint density at radius 1 is 1.58 bits per heavy atom. The second-order valence-electron chi connectivity index (χ2n) is 5.60. The molecule has 1 saturated heterocycles. The van der Waals surface area contributed by atoms with E-state index in [2.05, 4.69) is 53.5 Å². The lowest BCUT2D eigenvalue weighted by molar-refractivity contribution is -0.0327. The molecule has 0 bridgehead atoms. The van der Waals surface area contributed by atoms with Gasteiger partial charge in [-0.05, 0) is 25.3 Å². The lowest BCUT2D eigenvalue weighted by Gasteiger charge is -2.36. The van der Waals surface area contributed by atoms with Crippen LogP contribution in [-0.2, 0) is 4.74 Å². The number of hydrogen-bond donors (Lipinski definition) is 2. The van der Waals surface area contributed by atoms with E-state index in [9.17, 15) is 0 Å². The van der Waals surface area contributed by atoms with Crippen molar-refractivity contribution >= 4 is 41.3 Å². The average molecular weight is 464 g/mol. The molecule has 1 aromatic heterocycles. The standard InChI is InChI=1S/C17H28N4OS.HI/c1-4-8-19-17(18-5-2)20-12-15(16-7-6-11-23-16)21-9-10-22-14(3)13-21;/h4,6-7,11,14-15H,1,5,8-10,12-13H2,2-3H3,(H2,18,19,20);1H. The van der Waals surface area contributed by atoms with Crippen molar-refractivity contribution in [2.75, 3.05) is 39.3 Å². The summed E-state index contributed by atoms with van der Waals surface area (Å²) in [5, 5.41) is 8.68. The molecule has 2 atom stereocenters. The van der Waals surface area contributed by atoms with Gasteiger partial charge in [-0.1, -0.05) is 12.1 Å². The van der Waals surface area contributed by atoms with Gasteiger partial charge in [-0.3, -0.25) is 9.89 Å². The molecule has 5 nitrogen and oxygen atoms in total. The van der Waals surface area contributed by atoms with Crippen molar-refractivity contribution in [1.82, 2.24) is 15.5 Å². The normalized spacial score (nSPS) is 20.1. The van der Waals surface area contributed by atoms with Crippen molar-refractivity contribution in [1.29, 1.82) is 0 Å². The molecular formula is C17H29IN4OS. The van der Waals surface area contributed by atoms with Crippen LogP contribution in [0.15, 0.2) is 35.2 Å². The number of hydrogen-bond acceptors (Lipinski definition) is 4. The van der Waals surface area contributed by atoms with E-state index in [0.29, 0.717) is 12.6 Å². The molecule has 0 amide bonds. The first kappa shape index (κ1) is 21.4. The number of guanidine groups is 1. The van der Waals surface area contributed by atoms with Crippen LogP contribution in [0.2, 0.25) is 0 Å². The van der Waals surface area contributed by atoms with Gasteiger partial charge >= 0.3 is 0 Å². The van der Waals surface area contributed by atoms with E-state index in [-0.39, 0.29) is 30.1 Å². The first-order chi connectivity index (χ1) is 11.2. The van der Waals surface area contributed by atoms with E-state index in [1.807, 2.05) is 6.08 Å². The van der Waals surface area contributed by atoms with Crippen LogP contribution in [-0.4, -0.2) is 56.3 Å². The van der Waals surface area contributed by atoms with Crippen LogP contribution < -0.4 is 10.6 Å². The van der Waals surface area contributed by atoms with Gasteiger partial charge in [0.25, 0.3) is 0 Å². The Kier molecular flexibility index (Phi) is 10.6. The quantitative estimate of drug-likeness (QED) is 0.282. The van der Waals surface area contributed by atoms with E-state index in [4.69, 9.17) is 9.73 Å². The maximum atomic E-state index is 5.68. The zero-order valence-corrected chi connectivity index (χ0v) is 17.7. The Hall–Kier alpha value is -0.640. The molecule has 7 heteroatoms. The first-order valence-electron chi connectivity index (χ1n) is 8.26. The Bertz CT molecular complexity index is 495. The van der Waals surface area contributed by atoms with E-state index in [1.54, 1.807) is 11.3 Å². The van der Waals surface area contributed by atoms with Crippen LogP contribution >= 0.6 is 35.3 Å². The number of morpholine rings is 1. The van der Waals surface area contributed by atoms with Crippen molar-refractivity contribution in [3.05, 3.63) is 35.0 Å². The van der Waals surface area contributed by atoms with Crippen LogP contribution in [0.5, 0.6) is 0 Å². The fourth-order valence-electron chi connectivity index (χ4n) is 2.68. The van der Waals surface area contributed by atoms with Crippen molar-refractivity contribution in [2.24, 2.45) is 4.99 Å². The fourth-order valence-corrected chi connectivity index (χ4v) is 3.54. The van der Waals surface area contributed by atoms with E-state index < -0.39 is 0 Å². The van der Waals surface area contributed by atoms with Crippen molar-refractivity contribution in [2.45, 2.75) is 26.0 Å². The molecule has 1 aliphatic heterocycles. The first-order valence-corrected chi connectivity index (χ1v) is 9.14. The third kappa shape index (κ3) is 6.70. The SMILES string of the molecule is C=CCNC(=NCC(c1cccs1)N1CCOC(C)C1)NCC.I. The molecule has 0 radical (unpaired) electrons. The number of nitrogens with zero attached hydrogens (tertiary/aromatic N) is 2. The fraction of sp³-hybridized carbons (Fsp3) is 0.588. The predicted octanol–water partition coefficient (Wildman–Crippen LogP) is 2.87. The molecule has 1 aromatic rings. The molecule has 1 fully saturated rings. The zero-order chi connectivity index (χ0) is 16.5. The number of halogens is 1. The van der Waals surface area contributed by atoms with Crippen LogP contribution in [0.1, 0.15) is 24.8 Å². The van der Waals surface area contributed by atoms with Gasteiger partial charge in [0.2, 0.25) is 0 Å². The molecule has 0 spiro atoms. The number of nitrogens with one attached hydrogen (secondary N) is 2. The van der Waals surface area contributed by atoms with Gasteiger partial charge in [0.05, 0.1) is 25.3 Å². The molecule has 2 unspecified atom stereocenters. The highest BCUT2D eigenvalue weighted by Crippen LogP contribution is 2.27. The minimum atomic E-state index is 0. The summed E-state index contributed by atoms with van der Waals surface area (Å²) in [6.45, 7) is 13.0. The van der Waals surface area contributed by atoms with Gasteiger partial charge in [-0.15, -0.1) is 41.9 Å². The van der Waals surface area contributed by atoms with Gasteiger partial charge in [0.1, 0.15) is 0 Å². The third-order valence-corrected chi connectivity index (χ3v) is 4.74. The molecular weight excluding hydrogens is 435 g/mol. The summed E-state index contributed by atoms with van der Waals surface area (Å²) in [5.41, 5.74) is 0. The van der Waals surface area contributed by atoms with Crippen LogP contribution in [0.3, 0.4) is 0 Å². The lowest BCUT2D eigenvalue weighted by atomic mass is 10.1. The molecule has 0 aromatic carbocycles. The second kappa shape index (κ2) is 11.8. The summed E-state index contributed by atoms with van der Waals surface area (Å²) >= 11 is 1.80. The van der Waals surface area contributed by atoms with Gasteiger partial charge in [-0.25, -0.2) is 0 Å². The maximum Gasteiger partial charge on any atom is 0.191 e. The highest BCUT2D eigenvalue weighted by atomic mass is 127. The summed E-state index contributed by atoms with van der Waals surface area (Å²) in [6, 6.07) is 4.62. The summed E-state index contributed by atoms with van der Waals surface area (Å²) in [4.78, 5) is 8.63. The largest absolute Gasteiger partial charge is 0.376 e. The summed E-state index contributed by atoms with van der Waals surface area (Å²) in [7, 11) is 0. The third-order valence-electron chi connectivity index (χ3n) is 3.77. The average Bonchev–Trinajstić information content (AvgIpc) is 3.07. The maximum absolute atomic E-state index is 5.68. The van der Waals surface area contributed by atoms with Crippen molar-refractivity contribution < 1.29 is 4.74 Å². The van der Waals surface area contributed by atoms with E-state index >= 15 is 0 Å². The van der Waals surface area contributed by atoms with Crippen LogP contribution in [0, 0.1) is 0 Å². The Balaban J connectivity index is 0.00000288. The lowest BCUT2D eigenvalue weighted by Crippen LogP contribution is -2.44. The number of thiophene rings is 1. The molecule has 2 heterocycles. The predicted molar refractivity (Wildman–Crippen MR) is 114 cm³/mol. The van der Waals surface area contributed by atoms with Crippen molar-refractivity contribution in [3.8, 4) is 0 Å². The Morgan fingerprint density at radius 2 is 2.42 bits per heavy atom. The number of ether oxygens (including phenoxy) is 1. The smallest absolute Gasteiger partial charge is 0.191 e. The zero-order valence-electron chi connectivity index (χ0n) is 14.5. The molecule has 0 saturated carbocycles. The monoisotopic (exact) mass is 464 g/mol. The molecule has 2 N–H and O–H groups in total. The molecule has 0 aliphatic carbocycles. The minimum absolute atomic E-state index is 0. The Labute approximate surface area is 166 Å². The van der Waals surface area contributed by atoms with Gasteiger partial charge in [0.15, 0.2) is 5.96 Å². The van der Waals surface area contributed by atoms with Gasteiger partial charge in [-0.2, -0.15) is 0 Å². The summed E-state index contributed by atoms with van der Waals surface area (Å²) in [5.74, 6) is 0.843. The topological polar surface area (TPSA) is 48.9 Å².